The van der Waals surface area contributed by atoms with Gasteiger partial charge in [-0.05, 0) is 42.6 Å². The fourth-order valence-electron chi connectivity index (χ4n) is 3.11. The van der Waals surface area contributed by atoms with Gasteiger partial charge in [-0.25, -0.2) is 0 Å². The normalized spacial score (nSPS) is 14.9. The lowest BCUT2D eigenvalue weighted by atomic mass is 10.2. The molecular weight excluding hydrogens is 368 g/mol. The van der Waals surface area contributed by atoms with E-state index >= 15 is 0 Å². The van der Waals surface area contributed by atoms with Gasteiger partial charge in [0.15, 0.2) is 4.80 Å². The Balaban J connectivity index is 1.60. The van der Waals surface area contributed by atoms with E-state index in [0.717, 1.165) is 42.8 Å². The van der Waals surface area contributed by atoms with Gasteiger partial charge in [-0.3, -0.25) is 4.79 Å². The van der Waals surface area contributed by atoms with Crippen molar-refractivity contribution in [1.82, 2.24) is 14.9 Å². The summed E-state index contributed by atoms with van der Waals surface area (Å²) in [6.07, 6.45) is 3.95. The molecule has 0 aliphatic carbocycles. The van der Waals surface area contributed by atoms with E-state index in [2.05, 4.69) is 15.3 Å². The number of nitrogens with one attached hydrogen (secondary N) is 2. The molecule has 5 nitrogen and oxygen atoms in total. The highest BCUT2D eigenvalue weighted by molar-refractivity contribution is 7.07. The zero-order chi connectivity index (χ0) is 17.9. The van der Waals surface area contributed by atoms with Gasteiger partial charge < -0.3 is 14.9 Å². The van der Waals surface area contributed by atoms with Crippen molar-refractivity contribution < 1.29 is 4.79 Å². The molecule has 0 unspecified atom stereocenters. The van der Waals surface area contributed by atoms with E-state index in [1.54, 1.807) is 0 Å². The van der Waals surface area contributed by atoms with E-state index in [-0.39, 0.29) is 5.91 Å². The second-order valence-corrected chi connectivity index (χ2v) is 7.57. The largest absolute Gasteiger partial charge is 0.354 e. The Morgan fingerprint density at radius 3 is 3.12 bits per heavy atom. The molecular formula is C19H19ClN4OS. The van der Waals surface area contributed by atoms with Crippen molar-refractivity contribution in [1.29, 1.82) is 0 Å². The number of hydrogen-bond acceptors (Lipinski definition) is 3. The van der Waals surface area contributed by atoms with Crippen LogP contribution >= 0.6 is 22.9 Å². The number of H-pyrrole nitrogens is 1. The van der Waals surface area contributed by atoms with Crippen LogP contribution in [0.5, 0.6) is 0 Å². The van der Waals surface area contributed by atoms with Gasteiger partial charge in [-0.2, -0.15) is 4.99 Å². The van der Waals surface area contributed by atoms with Gasteiger partial charge in [0.2, 0.25) is 0 Å². The highest BCUT2D eigenvalue weighted by Gasteiger charge is 2.15. The molecule has 3 heterocycles. The summed E-state index contributed by atoms with van der Waals surface area (Å²) < 4.78 is 1.94. The highest BCUT2D eigenvalue weighted by Crippen LogP contribution is 2.17. The minimum atomic E-state index is -0.242. The number of halogens is 1. The third-order valence-electron chi connectivity index (χ3n) is 4.47. The predicted octanol–water partition coefficient (Wildman–Crippen LogP) is 3.36. The number of carbonyl (C=O) groups excluding carboxylic acids is 1. The molecule has 134 valence electrons. The summed E-state index contributed by atoms with van der Waals surface area (Å²) in [5.41, 5.74) is 3.86. The Morgan fingerprint density at radius 1 is 1.35 bits per heavy atom. The Labute approximate surface area is 160 Å². The zero-order valence-electron chi connectivity index (χ0n) is 14.2. The number of benzene rings is 1. The lowest BCUT2D eigenvalue weighted by molar-refractivity contribution is 0.0993. The van der Waals surface area contributed by atoms with Crippen LogP contribution in [-0.2, 0) is 19.5 Å². The zero-order valence-corrected chi connectivity index (χ0v) is 15.7. The highest BCUT2D eigenvalue weighted by atomic mass is 35.5. The first-order valence-electron chi connectivity index (χ1n) is 8.58. The van der Waals surface area contributed by atoms with Gasteiger partial charge in [-0.15, -0.1) is 11.3 Å². The maximum absolute atomic E-state index is 12.6. The van der Waals surface area contributed by atoms with Crippen molar-refractivity contribution in [3.05, 3.63) is 74.2 Å². The summed E-state index contributed by atoms with van der Waals surface area (Å²) in [6, 6.07) is 9.63. The molecule has 1 aliphatic rings. The second kappa shape index (κ2) is 7.61. The maximum Gasteiger partial charge on any atom is 0.296 e. The average molecular weight is 387 g/mol. The molecule has 0 spiro atoms. The minimum Gasteiger partial charge on any atom is -0.354 e. The van der Waals surface area contributed by atoms with Gasteiger partial charge >= 0.3 is 0 Å². The summed E-state index contributed by atoms with van der Waals surface area (Å²) in [6.45, 7) is 2.39. The Kier molecular flexibility index (Phi) is 5.06. The number of fused-ring (bicyclic) bond motifs is 1. The number of aromatic amines is 1. The Bertz CT molecular complexity index is 977. The van der Waals surface area contributed by atoms with E-state index in [0.29, 0.717) is 22.1 Å². The number of carbonyl (C=O) groups is 1. The van der Waals surface area contributed by atoms with Crippen molar-refractivity contribution in [3.8, 4) is 0 Å². The number of aromatic nitrogens is 2. The molecule has 1 aromatic carbocycles. The number of amides is 1. The molecule has 1 aliphatic heterocycles. The van der Waals surface area contributed by atoms with Crippen LogP contribution in [0.3, 0.4) is 0 Å². The number of thiazole rings is 1. The summed E-state index contributed by atoms with van der Waals surface area (Å²) in [4.78, 5) is 20.9. The molecule has 0 atom stereocenters. The van der Waals surface area contributed by atoms with Crippen LogP contribution in [-0.4, -0.2) is 22.0 Å². The minimum absolute atomic E-state index is 0.242. The fourth-order valence-corrected chi connectivity index (χ4v) is 4.04. The smallest absolute Gasteiger partial charge is 0.296 e. The summed E-state index contributed by atoms with van der Waals surface area (Å²) in [7, 11) is 0. The number of nitrogens with zero attached hydrogens (tertiary/aromatic N) is 2. The van der Waals surface area contributed by atoms with Crippen LogP contribution in [0.15, 0.2) is 46.9 Å². The molecule has 0 bridgehead atoms. The third-order valence-corrected chi connectivity index (χ3v) is 5.64. The monoisotopic (exact) mass is 386 g/mol. The van der Waals surface area contributed by atoms with E-state index in [4.69, 9.17) is 11.6 Å². The molecule has 2 N–H and O–H groups in total. The van der Waals surface area contributed by atoms with Crippen molar-refractivity contribution in [2.45, 2.75) is 25.9 Å². The van der Waals surface area contributed by atoms with Crippen molar-refractivity contribution >= 4 is 28.8 Å². The standard InChI is InChI=1S/C19H19ClN4OS/c20-15-5-2-1-4-13(15)12-24-8-9-26-19(24)23-18(25)17-10-14-11-21-7-3-6-16(14)22-17/h1-2,4-5,8-10,21-22H,3,6-7,11-12H2. The summed E-state index contributed by atoms with van der Waals surface area (Å²) in [5, 5.41) is 6.01. The SMILES string of the molecule is O=C(N=c1sccn1Cc1ccccc1Cl)c1cc2c([nH]1)CCCNC2. The maximum atomic E-state index is 12.6. The topological polar surface area (TPSA) is 62.2 Å². The molecule has 0 fully saturated rings. The molecule has 26 heavy (non-hydrogen) atoms. The molecule has 3 aromatic rings. The summed E-state index contributed by atoms with van der Waals surface area (Å²) >= 11 is 7.69. The Morgan fingerprint density at radius 2 is 2.23 bits per heavy atom. The predicted molar refractivity (Wildman–Crippen MR) is 104 cm³/mol. The van der Waals surface area contributed by atoms with E-state index in [1.165, 1.54) is 11.3 Å². The number of aryl methyl sites for hydroxylation is 1. The first-order chi connectivity index (χ1) is 12.7. The molecule has 1 amide bonds. The van der Waals surface area contributed by atoms with Gasteiger partial charge in [0.25, 0.3) is 5.91 Å². The van der Waals surface area contributed by atoms with Crippen LogP contribution in [0.4, 0.5) is 0 Å². The van der Waals surface area contributed by atoms with E-state index in [1.807, 2.05) is 46.5 Å². The number of hydrogen-bond donors (Lipinski definition) is 2. The van der Waals surface area contributed by atoms with Gasteiger partial charge in [-0.1, -0.05) is 29.8 Å². The second-order valence-electron chi connectivity index (χ2n) is 6.29. The lowest BCUT2D eigenvalue weighted by Crippen LogP contribution is -2.17. The van der Waals surface area contributed by atoms with Crippen LogP contribution in [0.2, 0.25) is 5.02 Å². The Hall–Kier alpha value is -2.15. The summed E-state index contributed by atoms with van der Waals surface area (Å²) in [5.74, 6) is -0.242. The van der Waals surface area contributed by atoms with E-state index in [9.17, 15) is 4.79 Å². The molecule has 7 heteroatoms. The van der Waals surface area contributed by atoms with Crippen LogP contribution in [0.25, 0.3) is 0 Å². The van der Waals surface area contributed by atoms with Crippen LogP contribution < -0.4 is 10.1 Å². The quantitative estimate of drug-likeness (QED) is 0.725. The van der Waals surface area contributed by atoms with Crippen LogP contribution in [0.1, 0.15) is 33.7 Å². The van der Waals surface area contributed by atoms with Gasteiger partial charge in [0, 0.05) is 28.8 Å². The third kappa shape index (κ3) is 3.67. The van der Waals surface area contributed by atoms with E-state index < -0.39 is 0 Å². The van der Waals surface area contributed by atoms with Gasteiger partial charge in [0.05, 0.1) is 6.54 Å². The molecule has 2 aromatic heterocycles. The first kappa shape index (κ1) is 17.3. The molecule has 0 saturated carbocycles. The van der Waals surface area contributed by atoms with Crippen molar-refractivity contribution in [2.75, 3.05) is 6.54 Å². The fraction of sp³-hybridized carbons (Fsp3) is 0.263. The van der Waals surface area contributed by atoms with Crippen molar-refractivity contribution in [3.63, 3.8) is 0 Å². The van der Waals surface area contributed by atoms with Crippen LogP contribution in [0, 0.1) is 0 Å². The molecule has 4 rings (SSSR count). The number of rotatable bonds is 3. The van der Waals surface area contributed by atoms with Gasteiger partial charge in [0.1, 0.15) is 5.69 Å². The molecule has 0 saturated heterocycles. The average Bonchev–Trinajstić information content (AvgIpc) is 3.18. The molecule has 0 radical (unpaired) electrons. The van der Waals surface area contributed by atoms with Crippen molar-refractivity contribution in [2.24, 2.45) is 4.99 Å². The lowest BCUT2D eigenvalue weighted by Gasteiger charge is -2.05. The first-order valence-corrected chi connectivity index (χ1v) is 9.84.